The van der Waals surface area contributed by atoms with Crippen molar-refractivity contribution in [2.45, 2.75) is 12.3 Å². The van der Waals surface area contributed by atoms with Crippen LogP contribution in [-0.4, -0.2) is 35.0 Å². The number of carbonyl (C=O) groups excluding carboxylic acids is 1. The van der Waals surface area contributed by atoms with E-state index in [0.29, 0.717) is 11.1 Å². The number of halogens is 3. The van der Waals surface area contributed by atoms with Crippen molar-refractivity contribution in [2.75, 3.05) is 13.1 Å². The topological polar surface area (TPSA) is 66.2 Å². The first-order valence-corrected chi connectivity index (χ1v) is 7.36. The monoisotopic (exact) mass is 347 g/mol. The van der Waals surface area contributed by atoms with Crippen LogP contribution >= 0.6 is 0 Å². The summed E-state index contributed by atoms with van der Waals surface area (Å²) in [7, 11) is 0. The minimum atomic E-state index is -4.53. The summed E-state index contributed by atoms with van der Waals surface area (Å²) in [5.74, 6) is -0.146. The van der Waals surface area contributed by atoms with Gasteiger partial charge < -0.3 is 9.64 Å². The number of nitriles is 1. The van der Waals surface area contributed by atoms with Gasteiger partial charge in [0.25, 0.3) is 5.91 Å². The zero-order valence-corrected chi connectivity index (χ0v) is 12.8. The minimum absolute atomic E-state index is 0.0674. The van der Waals surface area contributed by atoms with E-state index in [0.717, 1.165) is 12.3 Å². The van der Waals surface area contributed by atoms with E-state index in [4.69, 9.17) is 10.00 Å². The highest BCUT2D eigenvalue weighted by Crippen LogP contribution is 2.30. The molecular formula is C17H12F3N3O2. The van der Waals surface area contributed by atoms with Crippen molar-refractivity contribution in [1.82, 2.24) is 9.88 Å². The standard InChI is InChI=1S/C17H12F3N3O2/c18-17(19,20)15-7-13(5-6-22-15)25-14-9-23(10-14)16(24)12-3-1-11(8-21)2-4-12/h1-7,14H,9-10H2. The number of hydrogen-bond acceptors (Lipinski definition) is 4. The molecule has 1 fully saturated rings. The van der Waals surface area contributed by atoms with Gasteiger partial charge in [-0.15, -0.1) is 0 Å². The Balaban J connectivity index is 1.57. The lowest BCUT2D eigenvalue weighted by atomic mass is 10.1. The number of aromatic nitrogens is 1. The Morgan fingerprint density at radius 3 is 2.52 bits per heavy atom. The first kappa shape index (κ1) is 16.8. The maximum atomic E-state index is 12.6. The van der Waals surface area contributed by atoms with Crippen molar-refractivity contribution in [1.29, 1.82) is 5.26 Å². The molecule has 1 amide bonds. The fourth-order valence-electron chi connectivity index (χ4n) is 2.38. The second-order valence-electron chi connectivity index (χ2n) is 5.51. The van der Waals surface area contributed by atoms with Crippen molar-refractivity contribution in [3.05, 3.63) is 59.4 Å². The summed E-state index contributed by atoms with van der Waals surface area (Å²) < 4.78 is 43.3. The molecule has 25 heavy (non-hydrogen) atoms. The molecule has 1 aromatic carbocycles. The number of carbonyl (C=O) groups is 1. The highest BCUT2D eigenvalue weighted by molar-refractivity contribution is 5.94. The summed E-state index contributed by atoms with van der Waals surface area (Å²) in [6.07, 6.45) is -3.86. The molecule has 2 aromatic rings. The van der Waals surface area contributed by atoms with Gasteiger partial charge in [-0.25, -0.2) is 0 Å². The largest absolute Gasteiger partial charge is 0.487 e. The fourth-order valence-corrected chi connectivity index (χ4v) is 2.38. The average molecular weight is 347 g/mol. The van der Waals surface area contributed by atoms with Crippen LogP contribution in [0.3, 0.4) is 0 Å². The molecule has 0 bridgehead atoms. The summed E-state index contributed by atoms with van der Waals surface area (Å²) in [5, 5.41) is 8.74. The third-order valence-corrected chi connectivity index (χ3v) is 3.72. The third-order valence-electron chi connectivity index (χ3n) is 3.72. The van der Waals surface area contributed by atoms with Gasteiger partial charge in [-0.3, -0.25) is 9.78 Å². The number of alkyl halides is 3. The van der Waals surface area contributed by atoms with Gasteiger partial charge >= 0.3 is 6.18 Å². The molecule has 1 aliphatic rings. The molecule has 0 atom stereocenters. The molecule has 0 spiro atoms. The van der Waals surface area contributed by atoms with Gasteiger partial charge in [0.2, 0.25) is 0 Å². The second-order valence-corrected chi connectivity index (χ2v) is 5.51. The number of pyridine rings is 1. The number of amides is 1. The summed E-state index contributed by atoms with van der Waals surface area (Å²) >= 11 is 0. The van der Waals surface area contributed by atoms with E-state index >= 15 is 0 Å². The predicted octanol–water partition coefficient (Wildman–Crippen LogP) is 2.88. The summed E-state index contributed by atoms with van der Waals surface area (Å²) in [4.78, 5) is 17.0. The van der Waals surface area contributed by atoms with Gasteiger partial charge in [0.05, 0.1) is 24.7 Å². The highest BCUT2D eigenvalue weighted by atomic mass is 19.4. The molecule has 1 saturated heterocycles. The first-order chi connectivity index (χ1) is 11.9. The fraction of sp³-hybridized carbons (Fsp3) is 0.235. The quantitative estimate of drug-likeness (QED) is 0.856. The molecule has 0 radical (unpaired) electrons. The molecule has 0 unspecified atom stereocenters. The Bertz CT molecular complexity index is 822. The number of nitrogens with zero attached hydrogens (tertiary/aromatic N) is 3. The Morgan fingerprint density at radius 2 is 1.92 bits per heavy atom. The second kappa shape index (κ2) is 6.43. The van der Waals surface area contributed by atoms with Crippen LogP contribution in [0.2, 0.25) is 0 Å². The molecule has 1 aliphatic heterocycles. The first-order valence-electron chi connectivity index (χ1n) is 7.36. The summed E-state index contributed by atoms with van der Waals surface area (Å²) in [5.41, 5.74) is -0.116. The Kier molecular flexibility index (Phi) is 4.31. The van der Waals surface area contributed by atoms with E-state index in [9.17, 15) is 18.0 Å². The number of rotatable bonds is 3. The van der Waals surface area contributed by atoms with Crippen LogP contribution in [0.5, 0.6) is 5.75 Å². The Hall–Kier alpha value is -3.08. The van der Waals surface area contributed by atoms with Gasteiger partial charge in [-0.1, -0.05) is 0 Å². The molecular weight excluding hydrogens is 335 g/mol. The van der Waals surface area contributed by atoms with Crippen molar-refractivity contribution in [3.63, 3.8) is 0 Å². The number of ether oxygens (including phenoxy) is 1. The van der Waals surface area contributed by atoms with E-state index in [1.54, 1.807) is 24.3 Å². The molecule has 5 nitrogen and oxygen atoms in total. The van der Waals surface area contributed by atoms with Crippen LogP contribution in [0, 0.1) is 11.3 Å². The van der Waals surface area contributed by atoms with E-state index in [1.165, 1.54) is 11.0 Å². The number of hydrogen-bond donors (Lipinski definition) is 0. The zero-order valence-electron chi connectivity index (χ0n) is 12.8. The summed E-state index contributed by atoms with van der Waals surface area (Å²) in [6.45, 7) is 0.561. The van der Waals surface area contributed by atoms with Gasteiger partial charge in [-0.2, -0.15) is 18.4 Å². The molecule has 128 valence electrons. The average Bonchev–Trinajstić information content (AvgIpc) is 2.57. The van der Waals surface area contributed by atoms with Crippen molar-refractivity contribution < 1.29 is 22.7 Å². The van der Waals surface area contributed by atoms with Crippen LogP contribution in [0.4, 0.5) is 13.2 Å². The van der Waals surface area contributed by atoms with Gasteiger partial charge in [0, 0.05) is 17.8 Å². The van der Waals surface area contributed by atoms with Crippen LogP contribution in [0.15, 0.2) is 42.6 Å². The molecule has 0 aliphatic carbocycles. The molecule has 3 rings (SSSR count). The zero-order chi connectivity index (χ0) is 18.0. The highest BCUT2D eigenvalue weighted by Gasteiger charge is 2.35. The van der Waals surface area contributed by atoms with Gasteiger partial charge in [-0.05, 0) is 30.3 Å². The van der Waals surface area contributed by atoms with E-state index in [1.807, 2.05) is 6.07 Å². The predicted molar refractivity (Wildman–Crippen MR) is 80.7 cm³/mol. The van der Waals surface area contributed by atoms with E-state index < -0.39 is 11.9 Å². The summed E-state index contributed by atoms with van der Waals surface area (Å²) in [6, 6.07) is 10.4. The van der Waals surface area contributed by atoms with Crippen LogP contribution in [0.25, 0.3) is 0 Å². The molecule has 2 heterocycles. The van der Waals surface area contributed by atoms with Crippen molar-refractivity contribution in [2.24, 2.45) is 0 Å². The Labute approximate surface area is 141 Å². The molecule has 1 aromatic heterocycles. The van der Waals surface area contributed by atoms with Crippen LogP contribution in [0.1, 0.15) is 21.6 Å². The molecule has 0 saturated carbocycles. The normalized spacial score (nSPS) is 14.6. The lowest BCUT2D eigenvalue weighted by Gasteiger charge is -2.39. The minimum Gasteiger partial charge on any atom is -0.487 e. The van der Waals surface area contributed by atoms with Gasteiger partial charge in [0.1, 0.15) is 17.5 Å². The SMILES string of the molecule is N#Cc1ccc(C(=O)N2CC(Oc3ccnc(C(F)(F)F)c3)C2)cc1. The van der Waals surface area contributed by atoms with Crippen molar-refractivity contribution in [3.8, 4) is 11.8 Å². The van der Waals surface area contributed by atoms with Crippen LogP contribution in [-0.2, 0) is 6.18 Å². The molecule has 0 N–H and O–H groups in total. The van der Waals surface area contributed by atoms with E-state index in [-0.39, 0.29) is 30.9 Å². The van der Waals surface area contributed by atoms with Gasteiger partial charge in [0.15, 0.2) is 0 Å². The van der Waals surface area contributed by atoms with Crippen LogP contribution < -0.4 is 4.74 Å². The lowest BCUT2D eigenvalue weighted by molar-refractivity contribution is -0.141. The van der Waals surface area contributed by atoms with Crippen molar-refractivity contribution >= 4 is 5.91 Å². The molecule has 8 heteroatoms. The maximum absolute atomic E-state index is 12.6. The smallest absolute Gasteiger partial charge is 0.433 e. The lowest BCUT2D eigenvalue weighted by Crippen LogP contribution is -2.56. The number of benzene rings is 1. The number of likely N-dealkylation sites (tertiary alicyclic amines) is 1. The maximum Gasteiger partial charge on any atom is 0.433 e. The third kappa shape index (κ3) is 3.71. The Morgan fingerprint density at radius 1 is 1.24 bits per heavy atom. The van der Waals surface area contributed by atoms with E-state index in [2.05, 4.69) is 4.98 Å².